The third-order valence-corrected chi connectivity index (χ3v) is 8.23. The lowest BCUT2D eigenvalue weighted by molar-refractivity contribution is 0.0331. The Morgan fingerprint density at radius 2 is 1.74 bits per heavy atom. The van der Waals surface area contributed by atoms with Crippen molar-refractivity contribution in [2.75, 3.05) is 88.2 Å². The van der Waals surface area contributed by atoms with E-state index in [4.69, 9.17) is 14.5 Å². The summed E-state index contributed by atoms with van der Waals surface area (Å²) in [5.41, 5.74) is 3.51. The number of aromatic amines is 1. The topological polar surface area (TPSA) is 107 Å². The molecule has 0 atom stereocenters. The number of nitrogens with one attached hydrogen (secondary N) is 3. The molecule has 0 bridgehead atoms. The highest BCUT2D eigenvalue weighted by Crippen LogP contribution is 2.33. The quantitative estimate of drug-likeness (QED) is 0.378. The fourth-order valence-corrected chi connectivity index (χ4v) is 5.87. The first-order valence-corrected chi connectivity index (χ1v) is 14.5. The third kappa shape index (κ3) is 6.37. The number of hydrogen-bond donors (Lipinski definition) is 3. The van der Waals surface area contributed by atoms with Gasteiger partial charge in [-0.2, -0.15) is 9.97 Å². The Hall–Kier alpha value is -3.15. The first-order valence-electron chi connectivity index (χ1n) is 14.5. The van der Waals surface area contributed by atoms with Gasteiger partial charge in [-0.05, 0) is 25.0 Å². The van der Waals surface area contributed by atoms with Gasteiger partial charge in [-0.25, -0.2) is 4.98 Å². The first-order chi connectivity index (χ1) is 19.2. The summed E-state index contributed by atoms with van der Waals surface area (Å²) in [6.07, 6.45) is 7.82. The molecule has 6 rings (SSSR count). The molecule has 1 saturated carbocycles. The summed E-state index contributed by atoms with van der Waals surface area (Å²) in [6.45, 7) is 10.2. The van der Waals surface area contributed by atoms with Crippen molar-refractivity contribution in [2.24, 2.45) is 0 Å². The van der Waals surface area contributed by atoms with Crippen LogP contribution in [0.3, 0.4) is 0 Å². The molecule has 2 saturated heterocycles. The smallest absolute Gasteiger partial charge is 0.231 e. The fourth-order valence-electron chi connectivity index (χ4n) is 5.87. The Balaban J connectivity index is 1.10. The molecule has 11 nitrogen and oxygen atoms in total. The van der Waals surface area contributed by atoms with E-state index in [0.29, 0.717) is 17.6 Å². The zero-order chi connectivity index (χ0) is 26.4. The van der Waals surface area contributed by atoms with Crippen molar-refractivity contribution >= 4 is 34.3 Å². The Morgan fingerprint density at radius 3 is 2.51 bits per heavy atom. The second-order valence-electron chi connectivity index (χ2n) is 10.8. The maximum absolute atomic E-state index is 5.79. The van der Waals surface area contributed by atoms with Crippen molar-refractivity contribution in [3.63, 3.8) is 0 Å². The van der Waals surface area contributed by atoms with E-state index in [1.165, 1.54) is 24.9 Å². The molecular formula is C28H41N9O2. The molecule has 0 amide bonds. The largest absolute Gasteiger partial charge is 0.494 e. The maximum Gasteiger partial charge on any atom is 0.231 e. The molecule has 4 heterocycles. The average molecular weight is 536 g/mol. The van der Waals surface area contributed by atoms with Crippen LogP contribution in [-0.4, -0.2) is 108 Å². The van der Waals surface area contributed by atoms with E-state index < -0.39 is 0 Å². The summed E-state index contributed by atoms with van der Waals surface area (Å²) in [5, 5.41) is 7.02. The van der Waals surface area contributed by atoms with Gasteiger partial charge >= 0.3 is 0 Å². The molecule has 2 aromatic heterocycles. The van der Waals surface area contributed by atoms with Gasteiger partial charge in [0.05, 0.1) is 32.3 Å². The van der Waals surface area contributed by atoms with E-state index in [2.05, 4.69) is 58.5 Å². The number of benzene rings is 1. The monoisotopic (exact) mass is 535 g/mol. The van der Waals surface area contributed by atoms with Crippen LogP contribution >= 0.6 is 0 Å². The Morgan fingerprint density at radius 1 is 0.974 bits per heavy atom. The summed E-state index contributed by atoms with van der Waals surface area (Å²) in [7, 11) is 1.71. The molecule has 11 heteroatoms. The van der Waals surface area contributed by atoms with Crippen LogP contribution in [-0.2, 0) is 4.74 Å². The van der Waals surface area contributed by atoms with Crippen LogP contribution < -0.4 is 20.3 Å². The number of H-pyrrole nitrogens is 1. The van der Waals surface area contributed by atoms with Gasteiger partial charge in [-0.3, -0.25) is 9.80 Å². The van der Waals surface area contributed by atoms with Crippen LogP contribution in [0.25, 0.3) is 11.2 Å². The zero-order valence-corrected chi connectivity index (χ0v) is 23.0. The molecular weight excluding hydrogens is 494 g/mol. The molecule has 3 N–H and O–H groups in total. The Kier molecular flexibility index (Phi) is 8.27. The van der Waals surface area contributed by atoms with E-state index in [-0.39, 0.29) is 0 Å². The minimum atomic E-state index is 0.426. The number of methoxy groups -OCH3 is 1. The summed E-state index contributed by atoms with van der Waals surface area (Å²) in [6, 6.07) is 6.76. The fraction of sp³-hybridized carbons (Fsp3) is 0.607. The van der Waals surface area contributed by atoms with Gasteiger partial charge in [0.25, 0.3) is 0 Å². The van der Waals surface area contributed by atoms with Gasteiger partial charge in [0, 0.05) is 70.2 Å². The van der Waals surface area contributed by atoms with Gasteiger partial charge in [0.1, 0.15) is 11.3 Å². The standard InChI is InChI=1S/C28H41N9O2/c1-38-24-19-22(37-13-11-35(12-14-37)9-10-36-15-17-39-18-16-36)7-8-23(24)32-28-33-26-25(29-20-30-26)27(34-28)31-21-5-3-2-4-6-21/h7-8,19-21H,2-6,9-18H2,1H3,(H3,29,30,31,32,33,34). The van der Waals surface area contributed by atoms with E-state index >= 15 is 0 Å². The predicted molar refractivity (Wildman–Crippen MR) is 154 cm³/mol. The van der Waals surface area contributed by atoms with Crippen LogP contribution in [0.5, 0.6) is 5.75 Å². The second kappa shape index (κ2) is 12.4. The lowest BCUT2D eigenvalue weighted by Crippen LogP contribution is -2.49. The average Bonchev–Trinajstić information content (AvgIpc) is 3.47. The van der Waals surface area contributed by atoms with Crippen LogP contribution in [0.1, 0.15) is 32.1 Å². The summed E-state index contributed by atoms with van der Waals surface area (Å²) in [4.78, 5) is 24.6. The first kappa shape index (κ1) is 26.1. The SMILES string of the molecule is COc1cc(N2CCN(CCN3CCOCC3)CC2)ccc1Nc1nc(NC2CCCCC2)c2nc[nH]c2n1. The van der Waals surface area contributed by atoms with Crippen molar-refractivity contribution in [3.8, 4) is 5.75 Å². The number of aromatic nitrogens is 4. The lowest BCUT2D eigenvalue weighted by Gasteiger charge is -2.37. The van der Waals surface area contributed by atoms with Crippen LogP contribution in [0.15, 0.2) is 24.5 Å². The molecule has 3 fully saturated rings. The molecule has 3 aromatic rings. The van der Waals surface area contributed by atoms with Gasteiger partial charge in [0.15, 0.2) is 11.5 Å². The molecule has 210 valence electrons. The Labute approximate surface area is 230 Å². The number of hydrogen-bond acceptors (Lipinski definition) is 10. The summed E-state index contributed by atoms with van der Waals surface area (Å²) in [5.74, 6) is 2.07. The van der Waals surface area contributed by atoms with E-state index in [1.54, 1.807) is 13.4 Å². The molecule has 0 unspecified atom stereocenters. The number of rotatable bonds is 9. The molecule has 0 radical (unpaired) electrons. The number of imidazole rings is 1. The minimum absolute atomic E-state index is 0.426. The highest BCUT2D eigenvalue weighted by molar-refractivity contribution is 5.84. The highest BCUT2D eigenvalue weighted by atomic mass is 16.5. The predicted octanol–water partition coefficient (Wildman–Crippen LogP) is 3.30. The van der Waals surface area contributed by atoms with Crippen molar-refractivity contribution in [1.82, 2.24) is 29.7 Å². The normalized spacial score (nSPS) is 19.9. The molecule has 2 aliphatic heterocycles. The summed E-state index contributed by atoms with van der Waals surface area (Å²) >= 11 is 0. The van der Waals surface area contributed by atoms with Gasteiger partial charge < -0.3 is 30.0 Å². The molecule has 0 spiro atoms. The number of fused-ring (bicyclic) bond motifs is 1. The number of piperazine rings is 1. The molecule has 1 aliphatic carbocycles. The summed E-state index contributed by atoms with van der Waals surface area (Å²) < 4.78 is 11.3. The lowest BCUT2D eigenvalue weighted by atomic mass is 9.95. The van der Waals surface area contributed by atoms with Gasteiger partial charge in [-0.15, -0.1) is 0 Å². The third-order valence-electron chi connectivity index (χ3n) is 8.23. The number of ether oxygens (including phenoxy) is 2. The number of anilines is 4. The van der Waals surface area contributed by atoms with Crippen molar-refractivity contribution < 1.29 is 9.47 Å². The van der Waals surface area contributed by atoms with Crippen LogP contribution in [0, 0.1) is 0 Å². The van der Waals surface area contributed by atoms with Crippen molar-refractivity contribution in [1.29, 1.82) is 0 Å². The second-order valence-corrected chi connectivity index (χ2v) is 10.8. The van der Waals surface area contributed by atoms with Crippen molar-refractivity contribution in [2.45, 2.75) is 38.1 Å². The Bertz CT molecular complexity index is 1210. The van der Waals surface area contributed by atoms with E-state index in [1.807, 2.05) is 0 Å². The highest BCUT2D eigenvalue weighted by Gasteiger charge is 2.21. The van der Waals surface area contributed by atoms with Crippen LogP contribution in [0.4, 0.5) is 23.1 Å². The molecule has 3 aliphatic rings. The zero-order valence-electron chi connectivity index (χ0n) is 23.0. The number of nitrogens with zero attached hydrogens (tertiary/aromatic N) is 6. The minimum Gasteiger partial charge on any atom is -0.494 e. The maximum atomic E-state index is 5.79. The van der Waals surface area contributed by atoms with Gasteiger partial charge in [-0.1, -0.05) is 19.3 Å². The molecule has 1 aromatic carbocycles. The van der Waals surface area contributed by atoms with E-state index in [0.717, 1.165) is 101 Å². The number of morpholine rings is 1. The van der Waals surface area contributed by atoms with E-state index in [9.17, 15) is 0 Å². The van der Waals surface area contributed by atoms with Crippen LogP contribution in [0.2, 0.25) is 0 Å². The molecule has 39 heavy (non-hydrogen) atoms. The van der Waals surface area contributed by atoms with Gasteiger partial charge in [0.2, 0.25) is 5.95 Å². The van der Waals surface area contributed by atoms with Crippen molar-refractivity contribution in [3.05, 3.63) is 24.5 Å².